The second-order valence-electron chi connectivity index (χ2n) is 5.92. The van der Waals surface area contributed by atoms with E-state index in [0.717, 1.165) is 5.56 Å². The molecule has 4 nitrogen and oxygen atoms in total. The van der Waals surface area contributed by atoms with E-state index in [2.05, 4.69) is 0 Å². The largest absolute Gasteiger partial charge is 0.480 e. The van der Waals surface area contributed by atoms with Crippen LogP contribution in [0.2, 0.25) is 0 Å². The van der Waals surface area contributed by atoms with Gasteiger partial charge < -0.3 is 10.0 Å². The molecule has 1 aromatic carbocycles. The summed E-state index contributed by atoms with van der Waals surface area (Å²) >= 11 is 1.48. The molecular weight excluding hydrogens is 274 g/mol. The Labute approximate surface area is 123 Å². The van der Waals surface area contributed by atoms with E-state index in [9.17, 15) is 14.7 Å². The number of carbonyl (C=O) groups is 2. The molecule has 1 aliphatic rings. The molecule has 2 rings (SSSR count). The van der Waals surface area contributed by atoms with Crippen LogP contribution in [0, 0.1) is 0 Å². The van der Waals surface area contributed by atoms with Gasteiger partial charge >= 0.3 is 5.97 Å². The summed E-state index contributed by atoms with van der Waals surface area (Å²) in [6, 6.07) is 6.73. The summed E-state index contributed by atoms with van der Waals surface area (Å²) in [5.74, 6) is -0.225. The standard InChI is InChI=1S/C15H19NO3S/c1-15(2,3)11-7-5-4-6-10(11)13(17)16-9-20-8-12(16)14(18)19/h4-7,12H,8-9H2,1-3H3,(H,18,19)/t12-/m0/s1. The van der Waals surface area contributed by atoms with Crippen molar-refractivity contribution in [2.45, 2.75) is 32.2 Å². The number of thioether (sulfide) groups is 1. The molecule has 0 bridgehead atoms. The van der Waals surface area contributed by atoms with Gasteiger partial charge in [-0.25, -0.2) is 4.79 Å². The lowest BCUT2D eigenvalue weighted by molar-refractivity contribution is -0.140. The van der Waals surface area contributed by atoms with Gasteiger partial charge in [0.2, 0.25) is 0 Å². The number of benzene rings is 1. The van der Waals surface area contributed by atoms with E-state index in [1.165, 1.54) is 16.7 Å². The Morgan fingerprint density at radius 1 is 1.30 bits per heavy atom. The van der Waals surface area contributed by atoms with Gasteiger partial charge in [0.15, 0.2) is 0 Å². The van der Waals surface area contributed by atoms with Crippen molar-refractivity contribution in [1.29, 1.82) is 0 Å². The summed E-state index contributed by atoms with van der Waals surface area (Å²) in [6.07, 6.45) is 0. The molecule has 1 aliphatic heterocycles. The van der Waals surface area contributed by atoms with Gasteiger partial charge in [0.25, 0.3) is 5.91 Å². The van der Waals surface area contributed by atoms with Gasteiger partial charge in [0, 0.05) is 11.3 Å². The van der Waals surface area contributed by atoms with E-state index in [1.54, 1.807) is 6.07 Å². The number of hydrogen-bond donors (Lipinski definition) is 1. The highest BCUT2D eigenvalue weighted by Gasteiger charge is 2.36. The van der Waals surface area contributed by atoms with E-state index in [4.69, 9.17) is 0 Å². The molecule has 1 N–H and O–H groups in total. The summed E-state index contributed by atoms with van der Waals surface area (Å²) in [4.78, 5) is 25.4. The van der Waals surface area contributed by atoms with Crippen LogP contribution in [0.5, 0.6) is 0 Å². The zero-order valence-electron chi connectivity index (χ0n) is 11.9. The van der Waals surface area contributed by atoms with Crippen molar-refractivity contribution in [3.8, 4) is 0 Å². The van der Waals surface area contributed by atoms with E-state index in [1.807, 2.05) is 39.0 Å². The molecule has 20 heavy (non-hydrogen) atoms. The van der Waals surface area contributed by atoms with Crippen LogP contribution < -0.4 is 0 Å². The highest BCUT2D eigenvalue weighted by atomic mass is 32.2. The number of nitrogens with zero attached hydrogens (tertiary/aromatic N) is 1. The van der Waals surface area contributed by atoms with Crippen LogP contribution in [0.15, 0.2) is 24.3 Å². The Bertz CT molecular complexity index is 536. The van der Waals surface area contributed by atoms with Gasteiger partial charge in [0.05, 0.1) is 5.88 Å². The van der Waals surface area contributed by atoms with Gasteiger partial charge in [-0.3, -0.25) is 4.79 Å². The van der Waals surface area contributed by atoms with Crippen molar-refractivity contribution in [2.75, 3.05) is 11.6 Å². The minimum absolute atomic E-state index is 0.155. The lowest BCUT2D eigenvalue weighted by Crippen LogP contribution is -2.42. The third-order valence-electron chi connectivity index (χ3n) is 3.39. The second-order valence-corrected chi connectivity index (χ2v) is 6.92. The number of amides is 1. The summed E-state index contributed by atoms with van der Waals surface area (Å²) in [5, 5.41) is 9.20. The van der Waals surface area contributed by atoms with Crippen LogP contribution in [0.25, 0.3) is 0 Å². The van der Waals surface area contributed by atoms with Gasteiger partial charge in [-0.15, -0.1) is 11.8 Å². The average Bonchev–Trinajstić information content (AvgIpc) is 2.86. The van der Waals surface area contributed by atoms with Crippen molar-refractivity contribution in [1.82, 2.24) is 4.90 Å². The fourth-order valence-corrected chi connectivity index (χ4v) is 3.47. The molecule has 108 valence electrons. The maximum Gasteiger partial charge on any atom is 0.327 e. The molecule has 1 aromatic rings. The Balaban J connectivity index is 2.37. The predicted molar refractivity (Wildman–Crippen MR) is 80.1 cm³/mol. The Morgan fingerprint density at radius 3 is 2.55 bits per heavy atom. The molecule has 0 aliphatic carbocycles. The number of hydrogen-bond acceptors (Lipinski definition) is 3. The number of carboxylic acid groups (broad SMARTS) is 1. The Kier molecular flexibility index (Phi) is 4.09. The van der Waals surface area contributed by atoms with E-state index >= 15 is 0 Å². The fraction of sp³-hybridized carbons (Fsp3) is 0.467. The molecule has 1 heterocycles. The zero-order chi connectivity index (χ0) is 14.9. The molecule has 0 radical (unpaired) electrons. The molecule has 0 aromatic heterocycles. The topological polar surface area (TPSA) is 57.6 Å². The molecular formula is C15H19NO3S. The molecule has 1 fully saturated rings. The zero-order valence-corrected chi connectivity index (χ0v) is 12.7. The second kappa shape index (κ2) is 5.48. The number of carboxylic acids is 1. The lowest BCUT2D eigenvalue weighted by atomic mass is 9.83. The quantitative estimate of drug-likeness (QED) is 0.910. The molecule has 1 saturated heterocycles. The average molecular weight is 293 g/mol. The van der Waals surface area contributed by atoms with E-state index < -0.39 is 12.0 Å². The highest BCUT2D eigenvalue weighted by Crippen LogP contribution is 2.29. The van der Waals surface area contributed by atoms with Crippen LogP contribution in [0.1, 0.15) is 36.7 Å². The van der Waals surface area contributed by atoms with Crippen LogP contribution in [-0.2, 0) is 10.2 Å². The summed E-state index contributed by atoms with van der Waals surface area (Å²) in [5.41, 5.74) is 1.40. The molecule has 0 unspecified atom stereocenters. The molecule has 1 amide bonds. The highest BCUT2D eigenvalue weighted by molar-refractivity contribution is 7.99. The minimum atomic E-state index is -0.934. The summed E-state index contributed by atoms with van der Waals surface area (Å²) in [7, 11) is 0. The van der Waals surface area contributed by atoms with E-state index in [0.29, 0.717) is 17.2 Å². The summed E-state index contributed by atoms with van der Waals surface area (Å²) in [6.45, 7) is 6.14. The maximum atomic E-state index is 12.7. The lowest BCUT2D eigenvalue weighted by Gasteiger charge is -2.26. The normalized spacial score (nSPS) is 19.1. The third kappa shape index (κ3) is 2.82. The smallest absolute Gasteiger partial charge is 0.327 e. The molecule has 0 spiro atoms. The van der Waals surface area contributed by atoms with Gasteiger partial charge in [-0.1, -0.05) is 39.0 Å². The van der Waals surface area contributed by atoms with Crippen molar-refractivity contribution in [3.63, 3.8) is 0 Å². The van der Waals surface area contributed by atoms with Gasteiger partial charge in [-0.2, -0.15) is 0 Å². The van der Waals surface area contributed by atoms with Crippen LogP contribution in [-0.4, -0.2) is 39.6 Å². The van der Waals surface area contributed by atoms with Crippen molar-refractivity contribution in [2.24, 2.45) is 0 Å². The van der Waals surface area contributed by atoms with Gasteiger partial charge in [-0.05, 0) is 17.0 Å². The SMILES string of the molecule is CC(C)(C)c1ccccc1C(=O)N1CSC[C@H]1C(=O)O. The first-order valence-electron chi connectivity index (χ1n) is 6.53. The van der Waals surface area contributed by atoms with Crippen LogP contribution >= 0.6 is 11.8 Å². The van der Waals surface area contributed by atoms with Crippen LogP contribution in [0.4, 0.5) is 0 Å². The first-order chi connectivity index (χ1) is 9.32. The summed E-state index contributed by atoms with van der Waals surface area (Å²) < 4.78 is 0. The number of aliphatic carboxylic acids is 1. The van der Waals surface area contributed by atoms with Crippen LogP contribution in [0.3, 0.4) is 0 Å². The first kappa shape index (κ1) is 14.9. The Hall–Kier alpha value is -1.49. The van der Waals surface area contributed by atoms with Crippen molar-refractivity contribution < 1.29 is 14.7 Å². The first-order valence-corrected chi connectivity index (χ1v) is 7.69. The monoisotopic (exact) mass is 293 g/mol. The molecule has 5 heteroatoms. The fourth-order valence-electron chi connectivity index (χ4n) is 2.33. The minimum Gasteiger partial charge on any atom is -0.480 e. The number of carbonyl (C=O) groups excluding carboxylic acids is 1. The van der Waals surface area contributed by atoms with Crippen molar-refractivity contribution in [3.05, 3.63) is 35.4 Å². The third-order valence-corrected chi connectivity index (χ3v) is 4.41. The molecule has 1 atom stereocenters. The van der Waals surface area contributed by atoms with E-state index in [-0.39, 0.29) is 11.3 Å². The predicted octanol–water partition coefficient (Wildman–Crippen LogP) is 2.58. The Morgan fingerprint density at radius 2 is 1.95 bits per heavy atom. The molecule has 0 saturated carbocycles. The maximum absolute atomic E-state index is 12.7. The number of rotatable bonds is 2. The van der Waals surface area contributed by atoms with Crippen molar-refractivity contribution >= 4 is 23.6 Å². The van der Waals surface area contributed by atoms with Gasteiger partial charge in [0.1, 0.15) is 6.04 Å².